The lowest BCUT2D eigenvalue weighted by atomic mass is 10.1. The fourth-order valence-electron chi connectivity index (χ4n) is 3.28. The Morgan fingerprint density at radius 1 is 1.19 bits per heavy atom. The maximum Gasteiger partial charge on any atom is 0.321 e. The standard InChI is InChI=1S/C17H21N7O2/c25-16-10-13-9-14(1-2-15(13)21-16)20-17(26)23-6-3-22(4-7-23)5-8-24-12-18-11-19-24/h1-2,9,11-12H,3-8,10H2,(H,20,26)(H,21,25). The van der Waals surface area contributed by atoms with E-state index in [1.807, 2.05) is 27.8 Å². The third-order valence-electron chi connectivity index (χ3n) is 4.75. The third-order valence-corrected chi connectivity index (χ3v) is 4.75. The molecule has 0 saturated carbocycles. The van der Waals surface area contributed by atoms with E-state index in [0.29, 0.717) is 19.5 Å². The first-order chi connectivity index (χ1) is 12.7. The van der Waals surface area contributed by atoms with E-state index in [1.165, 1.54) is 6.33 Å². The minimum Gasteiger partial charge on any atom is -0.326 e. The second-order valence-corrected chi connectivity index (χ2v) is 6.51. The molecule has 2 N–H and O–H groups in total. The van der Waals surface area contributed by atoms with Crippen LogP contribution < -0.4 is 10.6 Å². The summed E-state index contributed by atoms with van der Waals surface area (Å²) in [6.45, 7) is 4.75. The molecule has 9 nitrogen and oxygen atoms in total. The number of hydrogen-bond acceptors (Lipinski definition) is 5. The quantitative estimate of drug-likeness (QED) is 0.838. The molecule has 1 aromatic carbocycles. The summed E-state index contributed by atoms with van der Waals surface area (Å²) in [6, 6.07) is 5.41. The molecular formula is C17H21N7O2. The first kappa shape index (κ1) is 16.5. The van der Waals surface area contributed by atoms with E-state index in [4.69, 9.17) is 0 Å². The molecule has 0 aliphatic carbocycles. The van der Waals surface area contributed by atoms with E-state index in [1.54, 1.807) is 6.33 Å². The molecule has 0 atom stereocenters. The van der Waals surface area contributed by atoms with Gasteiger partial charge in [0.2, 0.25) is 5.91 Å². The van der Waals surface area contributed by atoms with Crippen molar-refractivity contribution in [3.8, 4) is 0 Å². The average molecular weight is 355 g/mol. The second-order valence-electron chi connectivity index (χ2n) is 6.51. The van der Waals surface area contributed by atoms with Crippen LogP contribution in [0.15, 0.2) is 30.9 Å². The molecule has 0 unspecified atom stereocenters. The number of nitrogens with zero attached hydrogens (tertiary/aromatic N) is 5. The van der Waals surface area contributed by atoms with Gasteiger partial charge in [0, 0.05) is 44.1 Å². The van der Waals surface area contributed by atoms with Crippen LogP contribution in [0.5, 0.6) is 0 Å². The molecule has 4 rings (SSSR count). The number of benzene rings is 1. The summed E-state index contributed by atoms with van der Waals surface area (Å²) in [5, 5.41) is 9.82. The number of anilines is 2. The molecule has 26 heavy (non-hydrogen) atoms. The molecule has 1 saturated heterocycles. The highest BCUT2D eigenvalue weighted by molar-refractivity contribution is 6.00. The summed E-state index contributed by atoms with van der Waals surface area (Å²) in [4.78, 5) is 32.0. The summed E-state index contributed by atoms with van der Waals surface area (Å²) in [5.41, 5.74) is 2.47. The molecule has 1 aromatic heterocycles. The maximum atomic E-state index is 12.5. The molecule has 3 heterocycles. The smallest absolute Gasteiger partial charge is 0.321 e. The second kappa shape index (κ2) is 7.12. The van der Waals surface area contributed by atoms with Crippen LogP contribution in [-0.2, 0) is 17.8 Å². The lowest BCUT2D eigenvalue weighted by molar-refractivity contribution is -0.115. The van der Waals surface area contributed by atoms with Crippen molar-refractivity contribution in [3.63, 3.8) is 0 Å². The van der Waals surface area contributed by atoms with Crippen molar-refractivity contribution >= 4 is 23.3 Å². The van der Waals surface area contributed by atoms with Crippen LogP contribution in [0.2, 0.25) is 0 Å². The van der Waals surface area contributed by atoms with E-state index < -0.39 is 0 Å². The zero-order chi connectivity index (χ0) is 17.9. The Morgan fingerprint density at radius 3 is 2.81 bits per heavy atom. The number of aromatic nitrogens is 3. The first-order valence-electron chi connectivity index (χ1n) is 8.71. The highest BCUT2D eigenvalue weighted by Gasteiger charge is 2.22. The summed E-state index contributed by atoms with van der Waals surface area (Å²) in [7, 11) is 0. The number of nitrogens with one attached hydrogen (secondary N) is 2. The molecule has 0 bridgehead atoms. The van der Waals surface area contributed by atoms with Gasteiger partial charge in [0.05, 0.1) is 13.0 Å². The minimum atomic E-state index is -0.0989. The van der Waals surface area contributed by atoms with Crippen LogP contribution in [0.3, 0.4) is 0 Å². The largest absolute Gasteiger partial charge is 0.326 e. The van der Waals surface area contributed by atoms with Gasteiger partial charge in [-0.1, -0.05) is 0 Å². The lowest BCUT2D eigenvalue weighted by Gasteiger charge is -2.34. The van der Waals surface area contributed by atoms with Crippen molar-refractivity contribution in [2.45, 2.75) is 13.0 Å². The normalized spacial score (nSPS) is 17.1. The van der Waals surface area contributed by atoms with Gasteiger partial charge >= 0.3 is 6.03 Å². The zero-order valence-electron chi connectivity index (χ0n) is 14.4. The highest BCUT2D eigenvalue weighted by atomic mass is 16.2. The monoisotopic (exact) mass is 355 g/mol. The SMILES string of the molecule is O=C1Cc2cc(NC(=O)N3CCN(CCn4cncn4)CC3)ccc2N1. The molecule has 0 radical (unpaired) electrons. The topological polar surface area (TPSA) is 95.4 Å². The number of urea groups is 1. The highest BCUT2D eigenvalue weighted by Crippen LogP contribution is 2.26. The van der Waals surface area contributed by atoms with Crippen molar-refractivity contribution in [1.29, 1.82) is 0 Å². The number of carbonyl (C=O) groups excluding carboxylic acids is 2. The van der Waals surface area contributed by atoms with Gasteiger partial charge in [-0.05, 0) is 23.8 Å². The van der Waals surface area contributed by atoms with Crippen molar-refractivity contribution in [3.05, 3.63) is 36.4 Å². The number of piperazine rings is 1. The molecule has 136 valence electrons. The van der Waals surface area contributed by atoms with E-state index in [9.17, 15) is 9.59 Å². The Labute approximate surface area is 151 Å². The third kappa shape index (κ3) is 3.67. The minimum absolute atomic E-state index is 0.00880. The fraction of sp³-hybridized carbons (Fsp3) is 0.412. The van der Waals surface area contributed by atoms with Gasteiger partial charge < -0.3 is 15.5 Å². The van der Waals surface area contributed by atoms with Gasteiger partial charge in [-0.2, -0.15) is 5.10 Å². The predicted octanol–water partition coefficient (Wildman–Crippen LogP) is 0.622. The van der Waals surface area contributed by atoms with Crippen LogP contribution in [-0.4, -0.2) is 69.2 Å². The molecule has 1 fully saturated rings. The van der Waals surface area contributed by atoms with E-state index >= 15 is 0 Å². The summed E-state index contributed by atoms with van der Waals surface area (Å²) < 4.78 is 1.81. The Hall–Kier alpha value is -2.94. The number of fused-ring (bicyclic) bond motifs is 1. The Morgan fingerprint density at radius 2 is 2.04 bits per heavy atom. The van der Waals surface area contributed by atoms with Gasteiger partial charge in [0.25, 0.3) is 0 Å². The Kier molecular flexibility index (Phi) is 4.53. The van der Waals surface area contributed by atoms with Gasteiger partial charge in [0.1, 0.15) is 12.7 Å². The Bertz CT molecular complexity index is 797. The molecule has 0 spiro atoms. The van der Waals surface area contributed by atoms with Crippen LogP contribution in [0, 0.1) is 0 Å². The number of amides is 3. The summed E-state index contributed by atoms with van der Waals surface area (Å²) in [5.74, 6) is -0.00880. The summed E-state index contributed by atoms with van der Waals surface area (Å²) in [6.07, 6.45) is 3.61. The fourth-order valence-corrected chi connectivity index (χ4v) is 3.28. The van der Waals surface area contributed by atoms with Crippen molar-refractivity contribution < 1.29 is 9.59 Å². The van der Waals surface area contributed by atoms with E-state index in [2.05, 4.69) is 25.6 Å². The van der Waals surface area contributed by atoms with Crippen molar-refractivity contribution in [2.24, 2.45) is 0 Å². The average Bonchev–Trinajstić information content (AvgIpc) is 3.28. The van der Waals surface area contributed by atoms with Crippen molar-refractivity contribution in [1.82, 2.24) is 24.6 Å². The van der Waals surface area contributed by atoms with Crippen LogP contribution in [0.1, 0.15) is 5.56 Å². The summed E-state index contributed by atoms with van der Waals surface area (Å²) >= 11 is 0. The molecule has 9 heteroatoms. The van der Waals surface area contributed by atoms with Crippen LogP contribution in [0.4, 0.5) is 16.2 Å². The molecule has 2 aromatic rings. The van der Waals surface area contributed by atoms with Crippen LogP contribution in [0.25, 0.3) is 0 Å². The van der Waals surface area contributed by atoms with Gasteiger partial charge in [-0.15, -0.1) is 0 Å². The van der Waals surface area contributed by atoms with Gasteiger partial charge in [-0.3, -0.25) is 14.4 Å². The Balaban J connectivity index is 1.26. The van der Waals surface area contributed by atoms with Crippen molar-refractivity contribution in [2.75, 3.05) is 43.4 Å². The lowest BCUT2D eigenvalue weighted by Crippen LogP contribution is -2.50. The van der Waals surface area contributed by atoms with Gasteiger partial charge in [0.15, 0.2) is 0 Å². The van der Waals surface area contributed by atoms with Crippen LogP contribution >= 0.6 is 0 Å². The van der Waals surface area contributed by atoms with E-state index in [0.717, 1.165) is 43.1 Å². The number of carbonyl (C=O) groups is 2. The predicted molar refractivity (Wildman–Crippen MR) is 95.8 cm³/mol. The molecular weight excluding hydrogens is 334 g/mol. The molecule has 3 amide bonds. The number of rotatable bonds is 4. The molecule has 2 aliphatic rings. The maximum absolute atomic E-state index is 12.5. The molecule has 2 aliphatic heterocycles. The van der Waals surface area contributed by atoms with E-state index in [-0.39, 0.29) is 11.9 Å². The van der Waals surface area contributed by atoms with Gasteiger partial charge in [-0.25, -0.2) is 9.78 Å². The number of hydrogen-bond donors (Lipinski definition) is 2. The first-order valence-corrected chi connectivity index (χ1v) is 8.71. The zero-order valence-corrected chi connectivity index (χ0v) is 14.4.